The Balaban J connectivity index is 1.38. The molecule has 2 amide bonds. The van der Waals surface area contributed by atoms with Crippen LogP contribution in [0.4, 0.5) is 15.8 Å². The molecule has 7 nitrogen and oxygen atoms in total. The Morgan fingerprint density at radius 1 is 1.00 bits per heavy atom. The van der Waals surface area contributed by atoms with Gasteiger partial charge < -0.3 is 20.3 Å². The van der Waals surface area contributed by atoms with Crippen LogP contribution in [0.2, 0.25) is 0 Å². The van der Waals surface area contributed by atoms with Crippen molar-refractivity contribution in [1.82, 2.24) is 10.2 Å². The molecule has 3 rings (SSSR count). The molecule has 1 heterocycles. The van der Waals surface area contributed by atoms with Gasteiger partial charge in [-0.05, 0) is 43.3 Å². The fourth-order valence-corrected chi connectivity index (χ4v) is 3.32. The summed E-state index contributed by atoms with van der Waals surface area (Å²) in [6.45, 7) is 6.69. The standard InChI is InChI=1S/C22H27FN4O3/c1-2-30-20-6-4-3-5-19(20)25-22(29)21(28)24-11-12-26-13-15-27(16-14-26)18-9-7-17(23)8-10-18/h3-10H,2,11-16H2,1H3,(H,24,28)(H,25,29). The lowest BCUT2D eigenvalue weighted by Gasteiger charge is -2.36. The third-order valence-electron chi connectivity index (χ3n) is 4.92. The summed E-state index contributed by atoms with van der Waals surface area (Å²) in [5.74, 6) is -1.10. The van der Waals surface area contributed by atoms with Crippen molar-refractivity contribution in [3.8, 4) is 5.75 Å². The van der Waals surface area contributed by atoms with Crippen LogP contribution in [0.1, 0.15) is 6.92 Å². The van der Waals surface area contributed by atoms with E-state index in [4.69, 9.17) is 4.74 Å². The average Bonchev–Trinajstić information content (AvgIpc) is 2.76. The number of ether oxygens (including phenoxy) is 1. The number of benzene rings is 2. The van der Waals surface area contributed by atoms with Crippen LogP contribution in [-0.4, -0.2) is 62.6 Å². The normalized spacial score (nSPS) is 14.3. The van der Waals surface area contributed by atoms with Crippen molar-refractivity contribution in [3.63, 3.8) is 0 Å². The zero-order chi connectivity index (χ0) is 21.3. The molecule has 1 saturated heterocycles. The fraction of sp³-hybridized carbons (Fsp3) is 0.364. The summed E-state index contributed by atoms with van der Waals surface area (Å²) in [7, 11) is 0. The Labute approximate surface area is 175 Å². The lowest BCUT2D eigenvalue weighted by molar-refractivity contribution is -0.136. The molecule has 0 radical (unpaired) electrons. The molecule has 2 N–H and O–H groups in total. The van der Waals surface area contributed by atoms with E-state index < -0.39 is 11.8 Å². The van der Waals surface area contributed by atoms with Crippen LogP contribution in [0.25, 0.3) is 0 Å². The summed E-state index contributed by atoms with van der Waals surface area (Å²) in [6.07, 6.45) is 0. The molecular weight excluding hydrogens is 387 g/mol. The highest BCUT2D eigenvalue weighted by Crippen LogP contribution is 2.23. The first-order valence-corrected chi connectivity index (χ1v) is 10.1. The highest BCUT2D eigenvalue weighted by Gasteiger charge is 2.19. The maximum absolute atomic E-state index is 13.1. The molecule has 160 valence electrons. The van der Waals surface area contributed by atoms with Gasteiger partial charge in [0.15, 0.2) is 0 Å². The van der Waals surface area contributed by atoms with Gasteiger partial charge in [-0.2, -0.15) is 0 Å². The Morgan fingerprint density at radius 3 is 2.40 bits per heavy atom. The molecule has 0 aliphatic carbocycles. The van der Waals surface area contributed by atoms with Crippen LogP contribution in [0.15, 0.2) is 48.5 Å². The minimum absolute atomic E-state index is 0.237. The van der Waals surface area contributed by atoms with Crippen molar-refractivity contribution >= 4 is 23.2 Å². The molecule has 2 aromatic carbocycles. The quantitative estimate of drug-likeness (QED) is 0.679. The predicted molar refractivity (Wildman–Crippen MR) is 114 cm³/mol. The van der Waals surface area contributed by atoms with Gasteiger partial charge >= 0.3 is 11.8 Å². The van der Waals surface area contributed by atoms with E-state index in [1.807, 2.05) is 6.92 Å². The zero-order valence-corrected chi connectivity index (χ0v) is 17.1. The zero-order valence-electron chi connectivity index (χ0n) is 17.1. The minimum Gasteiger partial charge on any atom is -0.492 e. The summed E-state index contributed by atoms with van der Waals surface area (Å²) in [6, 6.07) is 13.5. The summed E-state index contributed by atoms with van der Waals surface area (Å²) < 4.78 is 18.5. The molecule has 0 saturated carbocycles. The van der Waals surface area contributed by atoms with Gasteiger partial charge in [-0.15, -0.1) is 0 Å². The van der Waals surface area contributed by atoms with Gasteiger partial charge in [0.05, 0.1) is 12.3 Å². The van der Waals surface area contributed by atoms with Gasteiger partial charge in [0.25, 0.3) is 0 Å². The lowest BCUT2D eigenvalue weighted by Crippen LogP contribution is -2.49. The molecule has 0 unspecified atom stereocenters. The summed E-state index contributed by atoms with van der Waals surface area (Å²) in [4.78, 5) is 28.7. The van der Waals surface area contributed by atoms with Crippen molar-refractivity contribution in [1.29, 1.82) is 0 Å². The van der Waals surface area contributed by atoms with E-state index in [9.17, 15) is 14.0 Å². The van der Waals surface area contributed by atoms with Gasteiger partial charge in [0.2, 0.25) is 0 Å². The molecule has 1 fully saturated rings. The van der Waals surface area contributed by atoms with Crippen LogP contribution in [-0.2, 0) is 9.59 Å². The first-order valence-electron chi connectivity index (χ1n) is 10.1. The number of nitrogens with one attached hydrogen (secondary N) is 2. The summed E-state index contributed by atoms with van der Waals surface area (Å²) >= 11 is 0. The van der Waals surface area contributed by atoms with Crippen LogP contribution in [0.3, 0.4) is 0 Å². The highest BCUT2D eigenvalue weighted by atomic mass is 19.1. The second-order valence-electron chi connectivity index (χ2n) is 6.94. The third kappa shape index (κ3) is 5.93. The number of hydrogen-bond acceptors (Lipinski definition) is 5. The Morgan fingerprint density at radius 2 is 1.70 bits per heavy atom. The number of amides is 2. The molecule has 30 heavy (non-hydrogen) atoms. The minimum atomic E-state index is -0.719. The number of rotatable bonds is 7. The number of nitrogens with zero attached hydrogens (tertiary/aromatic N) is 2. The lowest BCUT2D eigenvalue weighted by atomic mass is 10.2. The Hall–Kier alpha value is -3.13. The van der Waals surface area contributed by atoms with Crippen LogP contribution >= 0.6 is 0 Å². The molecule has 0 atom stereocenters. The second kappa shape index (κ2) is 10.6. The van der Waals surface area contributed by atoms with Crippen LogP contribution < -0.4 is 20.3 Å². The predicted octanol–water partition coefficient (Wildman–Crippen LogP) is 2.10. The van der Waals surface area contributed by atoms with Gasteiger partial charge in [-0.25, -0.2) is 4.39 Å². The molecule has 8 heteroatoms. The largest absolute Gasteiger partial charge is 0.492 e. The number of para-hydroxylation sites is 2. The number of halogens is 1. The van der Waals surface area contributed by atoms with E-state index in [1.54, 1.807) is 36.4 Å². The number of carbonyl (C=O) groups is 2. The second-order valence-corrected chi connectivity index (χ2v) is 6.94. The monoisotopic (exact) mass is 414 g/mol. The SMILES string of the molecule is CCOc1ccccc1NC(=O)C(=O)NCCN1CCN(c2ccc(F)cc2)CC1. The Kier molecular flexibility index (Phi) is 7.62. The summed E-state index contributed by atoms with van der Waals surface area (Å²) in [5, 5.41) is 5.25. The van der Waals surface area contributed by atoms with Gasteiger partial charge in [-0.1, -0.05) is 12.1 Å². The number of hydrogen-bond donors (Lipinski definition) is 2. The molecule has 1 aliphatic heterocycles. The molecule has 1 aliphatic rings. The molecule has 0 bridgehead atoms. The van der Waals surface area contributed by atoms with E-state index in [-0.39, 0.29) is 5.82 Å². The topological polar surface area (TPSA) is 73.9 Å². The highest BCUT2D eigenvalue weighted by molar-refractivity contribution is 6.39. The summed E-state index contributed by atoms with van der Waals surface area (Å²) in [5.41, 5.74) is 1.48. The van der Waals surface area contributed by atoms with E-state index in [0.29, 0.717) is 31.1 Å². The fourth-order valence-electron chi connectivity index (χ4n) is 3.32. The van der Waals surface area contributed by atoms with E-state index in [1.165, 1.54) is 12.1 Å². The first kappa shape index (κ1) is 21.6. The number of anilines is 2. The van der Waals surface area contributed by atoms with E-state index in [0.717, 1.165) is 31.9 Å². The van der Waals surface area contributed by atoms with Crippen LogP contribution in [0.5, 0.6) is 5.75 Å². The number of carbonyl (C=O) groups excluding carboxylic acids is 2. The third-order valence-corrected chi connectivity index (χ3v) is 4.92. The van der Waals surface area contributed by atoms with Crippen molar-refractivity contribution in [3.05, 3.63) is 54.3 Å². The van der Waals surface area contributed by atoms with E-state index >= 15 is 0 Å². The molecule has 0 aromatic heterocycles. The smallest absolute Gasteiger partial charge is 0.313 e. The maximum atomic E-state index is 13.1. The average molecular weight is 414 g/mol. The Bertz CT molecular complexity index is 852. The van der Waals surface area contributed by atoms with Crippen molar-refractivity contribution < 1.29 is 18.7 Å². The van der Waals surface area contributed by atoms with Crippen molar-refractivity contribution in [2.75, 3.05) is 56.1 Å². The van der Waals surface area contributed by atoms with Gasteiger partial charge in [0.1, 0.15) is 11.6 Å². The van der Waals surface area contributed by atoms with E-state index in [2.05, 4.69) is 20.4 Å². The van der Waals surface area contributed by atoms with Crippen molar-refractivity contribution in [2.45, 2.75) is 6.92 Å². The van der Waals surface area contributed by atoms with Crippen LogP contribution in [0, 0.1) is 5.82 Å². The number of piperazine rings is 1. The van der Waals surface area contributed by atoms with Gasteiger partial charge in [0, 0.05) is 45.0 Å². The first-order chi connectivity index (χ1) is 14.6. The maximum Gasteiger partial charge on any atom is 0.313 e. The molecule has 0 spiro atoms. The molecule has 2 aromatic rings. The molecular formula is C22H27FN4O3. The van der Waals surface area contributed by atoms with Crippen molar-refractivity contribution in [2.24, 2.45) is 0 Å². The van der Waals surface area contributed by atoms with Gasteiger partial charge in [-0.3, -0.25) is 14.5 Å².